The summed E-state index contributed by atoms with van der Waals surface area (Å²) >= 11 is 0. The monoisotopic (exact) mass is 256 g/mol. The number of carbonyl (C=O) groups excluding carboxylic acids is 2. The Morgan fingerprint density at radius 2 is 2.06 bits per heavy atom. The summed E-state index contributed by atoms with van der Waals surface area (Å²) in [7, 11) is 0. The normalized spacial score (nSPS) is 9.83. The Hall–Kier alpha value is -2.71. The maximum atomic E-state index is 13.4. The lowest BCUT2D eigenvalue weighted by molar-refractivity contribution is -0.384. The highest BCUT2D eigenvalue weighted by Crippen LogP contribution is 2.27. The number of nitro benzene ring substituents is 1. The van der Waals surface area contributed by atoms with Crippen molar-refractivity contribution in [1.29, 1.82) is 0 Å². The van der Waals surface area contributed by atoms with E-state index in [0.717, 1.165) is 12.1 Å². The molecule has 0 radical (unpaired) electrons. The third-order valence-corrected chi connectivity index (χ3v) is 2.02. The molecule has 1 aromatic rings. The Bertz CT molecular complexity index is 532. The molecule has 0 unspecified atom stereocenters. The van der Waals surface area contributed by atoms with Crippen molar-refractivity contribution >= 4 is 23.2 Å². The maximum absolute atomic E-state index is 13.4. The molecule has 2 amide bonds. The molecule has 5 N–H and O–H groups in total. The standard InChI is InChI=1S/C9H9FN4O4/c10-4-1-2-5(14(17)18)8(12)7(4)9(16)13-3-6(11)15/h1-2H,3,12H2,(H2,11,15)(H,13,16). The number of hydrogen-bond donors (Lipinski definition) is 3. The Labute approximate surface area is 99.9 Å². The van der Waals surface area contributed by atoms with Crippen LogP contribution in [0.1, 0.15) is 10.4 Å². The maximum Gasteiger partial charge on any atom is 0.293 e. The van der Waals surface area contributed by atoms with Crippen molar-refractivity contribution in [3.8, 4) is 0 Å². The topological polar surface area (TPSA) is 141 Å². The number of nitrogens with one attached hydrogen (secondary N) is 1. The van der Waals surface area contributed by atoms with Crippen molar-refractivity contribution in [2.45, 2.75) is 0 Å². The Morgan fingerprint density at radius 3 is 2.56 bits per heavy atom. The molecule has 18 heavy (non-hydrogen) atoms. The van der Waals surface area contributed by atoms with E-state index in [9.17, 15) is 24.1 Å². The first-order chi connectivity index (χ1) is 8.34. The van der Waals surface area contributed by atoms with Crippen LogP contribution < -0.4 is 16.8 Å². The number of carbonyl (C=O) groups is 2. The van der Waals surface area contributed by atoms with Crippen molar-refractivity contribution in [1.82, 2.24) is 5.32 Å². The van der Waals surface area contributed by atoms with Crippen LogP contribution in [-0.2, 0) is 4.79 Å². The van der Waals surface area contributed by atoms with Crippen LogP contribution >= 0.6 is 0 Å². The molecule has 0 fully saturated rings. The minimum absolute atomic E-state index is 0.527. The van der Waals surface area contributed by atoms with Gasteiger partial charge in [0.15, 0.2) is 0 Å². The second-order valence-electron chi connectivity index (χ2n) is 3.26. The number of primary amides is 1. The predicted molar refractivity (Wildman–Crippen MR) is 59.0 cm³/mol. The molecule has 1 aromatic carbocycles. The molecule has 0 atom stereocenters. The summed E-state index contributed by atoms with van der Waals surface area (Å²) in [4.78, 5) is 31.7. The molecule has 96 valence electrons. The summed E-state index contributed by atoms with van der Waals surface area (Å²) in [5.41, 5.74) is 8.22. The second-order valence-corrected chi connectivity index (χ2v) is 3.26. The molecule has 0 saturated carbocycles. The van der Waals surface area contributed by atoms with E-state index in [0.29, 0.717) is 0 Å². The number of nitro groups is 1. The van der Waals surface area contributed by atoms with E-state index in [1.807, 2.05) is 5.32 Å². The third kappa shape index (κ3) is 2.70. The van der Waals surface area contributed by atoms with E-state index in [2.05, 4.69) is 0 Å². The van der Waals surface area contributed by atoms with E-state index in [1.54, 1.807) is 0 Å². The number of rotatable bonds is 4. The quantitative estimate of drug-likeness (QED) is 0.379. The predicted octanol–water partition coefficient (Wildman–Crippen LogP) is -0.469. The summed E-state index contributed by atoms with van der Waals surface area (Å²) in [5.74, 6) is -2.92. The Balaban J connectivity index is 3.14. The first-order valence-corrected chi connectivity index (χ1v) is 4.63. The SMILES string of the molecule is NC(=O)CNC(=O)c1c(F)ccc([N+](=O)[O-])c1N. The summed E-state index contributed by atoms with van der Waals surface area (Å²) in [6, 6.07) is 1.59. The lowest BCUT2D eigenvalue weighted by Gasteiger charge is -2.07. The minimum atomic E-state index is -1.05. The summed E-state index contributed by atoms with van der Waals surface area (Å²) < 4.78 is 13.4. The van der Waals surface area contributed by atoms with Gasteiger partial charge in [-0.1, -0.05) is 0 Å². The molecule has 0 saturated heterocycles. The molecule has 0 spiro atoms. The number of halogens is 1. The third-order valence-electron chi connectivity index (χ3n) is 2.02. The average Bonchev–Trinajstić information content (AvgIpc) is 2.25. The van der Waals surface area contributed by atoms with Gasteiger partial charge >= 0.3 is 0 Å². The van der Waals surface area contributed by atoms with Crippen LogP contribution in [0.3, 0.4) is 0 Å². The highest BCUT2D eigenvalue weighted by atomic mass is 19.1. The van der Waals surface area contributed by atoms with Gasteiger partial charge in [-0.3, -0.25) is 19.7 Å². The molecule has 8 nitrogen and oxygen atoms in total. The van der Waals surface area contributed by atoms with E-state index in [1.165, 1.54) is 0 Å². The van der Waals surface area contributed by atoms with Gasteiger partial charge in [-0.25, -0.2) is 4.39 Å². The van der Waals surface area contributed by atoms with Gasteiger partial charge in [-0.05, 0) is 6.07 Å². The van der Waals surface area contributed by atoms with Crippen molar-refractivity contribution in [3.63, 3.8) is 0 Å². The van der Waals surface area contributed by atoms with Gasteiger partial charge in [0.2, 0.25) is 5.91 Å². The average molecular weight is 256 g/mol. The number of nitrogens with two attached hydrogens (primary N) is 2. The first-order valence-electron chi connectivity index (χ1n) is 4.63. The summed E-state index contributed by atoms with van der Waals surface area (Å²) in [6.07, 6.45) is 0. The van der Waals surface area contributed by atoms with Gasteiger partial charge in [-0.2, -0.15) is 0 Å². The molecular formula is C9H9FN4O4. The van der Waals surface area contributed by atoms with Crippen LogP contribution in [0.15, 0.2) is 12.1 Å². The second kappa shape index (κ2) is 5.08. The lowest BCUT2D eigenvalue weighted by atomic mass is 10.1. The highest BCUT2D eigenvalue weighted by molar-refractivity contribution is 6.02. The van der Waals surface area contributed by atoms with Crippen molar-refractivity contribution < 1.29 is 18.9 Å². The molecular weight excluding hydrogens is 247 g/mol. The number of amides is 2. The van der Waals surface area contributed by atoms with Crippen LogP contribution in [0, 0.1) is 15.9 Å². The number of nitrogen functional groups attached to an aromatic ring is 1. The van der Waals surface area contributed by atoms with E-state index < -0.39 is 46.0 Å². The largest absolute Gasteiger partial charge is 0.392 e. The zero-order chi connectivity index (χ0) is 13.9. The van der Waals surface area contributed by atoms with Crippen LogP contribution in [0.5, 0.6) is 0 Å². The van der Waals surface area contributed by atoms with Gasteiger partial charge in [-0.15, -0.1) is 0 Å². The van der Waals surface area contributed by atoms with Crippen LogP contribution in [0.25, 0.3) is 0 Å². The van der Waals surface area contributed by atoms with Gasteiger partial charge in [0, 0.05) is 6.07 Å². The van der Waals surface area contributed by atoms with E-state index in [-0.39, 0.29) is 0 Å². The Morgan fingerprint density at radius 1 is 1.44 bits per heavy atom. The van der Waals surface area contributed by atoms with Gasteiger partial charge < -0.3 is 16.8 Å². The molecule has 0 aliphatic carbocycles. The fourth-order valence-corrected chi connectivity index (χ4v) is 1.23. The summed E-state index contributed by atoms with van der Waals surface area (Å²) in [6.45, 7) is -0.527. The first kappa shape index (κ1) is 13.4. The highest BCUT2D eigenvalue weighted by Gasteiger charge is 2.23. The fraction of sp³-hybridized carbons (Fsp3) is 0.111. The zero-order valence-electron chi connectivity index (χ0n) is 8.97. The van der Waals surface area contributed by atoms with Gasteiger partial charge in [0.05, 0.1) is 11.5 Å². The van der Waals surface area contributed by atoms with Crippen molar-refractivity contribution in [2.75, 3.05) is 12.3 Å². The van der Waals surface area contributed by atoms with Crippen molar-refractivity contribution in [3.05, 3.63) is 33.6 Å². The van der Waals surface area contributed by atoms with Crippen LogP contribution in [0.4, 0.5) is 15.8 Å². The molecule has 9 heteroatoms. The molecule has 0 aromatic heterocycles. The number of benzene rings is 1. The zero-order valence-corrected chi connectivity index (χ0v) is 8.97. The minimum Gasteiger partial charge on any atom is -0.392 e. The van der Waals surface area contributed by atoms with Crippen LogP contribution in [0.2, 0.25) is 0 Å². The van der Waals surface area contributed by atoms with Gasteiger partial charge in [0.25, 0.3) is 11.6 Å². The van der Waals surface area contributed by atoms with Crippen molar-refractivity contribution in [2.24, 2.45) is 5.73 Å². The molecule has 1 rings (SSSR count). The lowest BCUT2D eigenvalue weighted by Crippen LogP contribution is -2.34. The Kier molecular flexibility index (Phi) is 3.77. The summed E-state index contributed by atoms with van der Waals surface area (Å²) in [5, 5.41) is 12.6. The molecule has 0 heterocycles. The number of anilines is 1. The number of nitrogens with zero attached hydrogens (tertiary/aromatic N) is 1. The molecule has 0 aliphatic rings. The molecule has 0 bridgehead atoms. The smallest absolute Gasteiger partial charge is 0.293 e. The van der Waals surface area contributed by atoms with E-state index in [4.69, 9.17) is 11.5 Å². The van der Waals surface area contributed by atoms with E-state index >= 15 is 0 Å². The van der Waals surface area contributed by atoms with Crippen LogP contribution in [-0.4, -0.2) is 23.3 Å². The van der Waals surface area contributed by atoms with Gasteiger partial charge in [0.1, 0.15) is 17.1 Å². The fourth-order valence-electron chi connectivity index (χ4n) is 1.23. The number of hydrogen-bond acceptors (Lipinski definition) is 5. The molecule has 0 aliphatic heterocycles.